The van der Waals surface area contributed by atoms with Gasteiger partial charge in [-0.25, -0.2) is 0 Å². The van der Waals surface area contributed by atoms with Gasteiger partial charge in [-0.05, 0) is 41.9 Å². The van der Waals surface area contributed by atoms with E-state index in [1.807, 2.05) is 31.2 Å². The van der Waals surface area contributed by atoms with Crippen molar-refractivity contribution in [2.45, 2.75) is 19.1 Å². The largest absolute Gasteiger partial charge is 0.416 e. The number of hydrogen-bond acceptors (Lipinski definition) is 1. The zero-order valence-electron chi connectivity index (χ0n) is 11.4. The first-order valence-corrected chi connectivity index (χ1v) is 7.37. The van der Waals surface area contributed by atoms with E-state index in [9.17, 15) is 13.2 Å². The van der Waals surface area contributed by atoms with Crippen LogP contribution in [0.4, 0.5) is 13.2 Å². The highest BCUT2D eigenvalue weighted by Crippen LogP contribution is 2.32. The predicted octanol–water partition coefficient (Wildman–Crippen LogP) is 5.17. The SMILES string of the molecule is CCNC(c1cccc(Br)c1)c1cccc(C(F)(F)F)c1. The summed E-state index contributed by atoms with van der Waals surface area (Å²) in [7, 11) is 0. The zero-order valence-corrected chi connectivity index (χ0v) is 13.0. The van der Waals surface area contributed by atoms with Gasteiger partial charge in [-0.2, -0.15) is 13.2 Å². The molecule has 0 saturated heterocycles. The summed E-state index contributed by atoms with van der Waals surface area (Å²) in [6, 6.07) is 12.8. The minimum absolute atomic E-state index is 0.269. The van der Waals surface area contributed by atoms with Gasteiger partial charge in [0.15, 0.2) is 0 Å². The lowest BCUT2D eigenvalue weighted by molar-refractivity contribution is -0.137. The summed E-state index contributed by atoms with van der Waals surface area (Å²) in [5.74, 6) is 0. The Labute approximate surface area is 130 Å². The highest BCUT2D eigenvalue weighted by molar-refractivity contribution is 9.10. The van der Waals surface area contributed by atoms with Crippen LogP contribution in [0, 0.1) is 0 Å². The standard InChI is InChI=1S/C16H15BrF3N/c1-2-21-15(12-6-4-8-14(17)10-12)11-5-3-7-13(9-11)16(18,19)20/h3-10,15,21H,2H2,1H3. The average Bonchev–Trinajstić information content (AvgIpc) is 2.44. The molecule has 0 heterocycles. The molecule has 2 rings (SSSR count). The summed E-state index contributed by atoms with van der Waals surface area (Å²) < 4.78 is 39.5. The third-order valence-electron chi connectivity index (χ3n) is 3.14. The fourth-order valence-electron chi connectivity index (χ4n) is 2.21. The second kappa shape index (κ2) is 6.62. The highest BCUT2D eigenvalue weighted by atomic mass is 79.9. The molecule has 21 heavy (non-hydrogen) atoms. The first-order valence-electron chi connectivity index (χ1n) is 6.58. The van der Waals surface area contributed by atoms with Crippen molar-refractivity contribution < 1.29 is 13.2 Å². The Kier molecular flexibility index (Phi) is 5.06. The number of rotatable bonds is 4. The van der Waals surface area contributed by atoms with Crippen LogP contribution in [0.25, 0.3) is 0 Å². The summed E-state index contributed by atoms with van der Waals surface area (Å²) in [6.07, 6.45) is -4.33. The molecular formula is C16H15BrF3N. The summed E-state index contributed by atoms with van der Waals surface area (Å²) in [5.41, 5.74) is 0.897. The molecule has 0 aliphatic heterocycles. The predicted molar refractivity (Wildman–Crippen MR) is 81.1 cm³/mol. The van der Waals surface area contributed by atoms with Crippen molar-refractivity contribution in [3.8, 4) is 0 Å². The Morgan fingerprint density at radius 1 is 1.05 bits per heavy atom. The first-order chi connectivity index (χ1) is 9.91. The van der Waals surface area contributed by atoms with Crippen molar-refractivity contribution in [3.63, 3.8) is 0 Å². The third kappa shape index (κ3) is 4.08. The summed E-state index contributed by atoms with van der Waals surface area (Å²) >= 11 is 3.39. The van der Waals surface area contributed by atoms with E-state index in [0.29, 0.717) is 12.1 Å². The lowest BCUT2D eigenvalue weighted by Gasteiger charge is -2.20. The molecule has 0 radical (unpaired) electrons. The van der Waals surface area contributed by atoms with Gasteiger partial charge in [0.2, 0.25) is 0 Å². The Morgan fingerprint density at radius 3 is 2.24 bits per heavy atom. The van der Waals surface area contributed by atoms with Crippen molar-refractivity contribution in [2.24, 2.45) is 0 Å². The van der Waals surface area contributed by atoms with Crippen molar-refractivity contribution in [3.05, 3.63) is 69.7 Å². The van der Waals surface area contributed by atoms with Gasteiger partial charge in [-0.3, -0.25) is 0 Å². The van der Waals surface area contributed by atoms with Crippen LogP contribution in [0.3, 0.4) is 0 Å². The van der Waals surface area contributed by atoms with Crippen LogP contribution in [0.2, 0.25) is 0 Å². The molecule has 1 N–H and O–H groups in total. The van der Waals surface area contributed by atoms with E-state index in [4.69, 9.17) is 0 Å². The molecule has 1 unspecified atom stereocenters. The van der Waals surface area contributed by atoms with Crippen molar-refractivity contribution in [1.82, 2.24) is 5.32 Å². The van der Waals surface area contributed by atoms with Crippen LogP contribution in [-0.4, -0.2) is 6.54 Å². The molecule has 0 aromatic heterocycles. The van der Waals surface area contributed by atoms with E-state index in [2.05, 4.69) is 21.2 Å². The van der Waals surface area contributed by atoms with Gasteiger partial charge in [0.1, 0.15) is 0 Å². The fraction of sp³-hybridized carbons (Fsp3) is 0.250. The Balaban J connectivity index is 2.43. The molecule has 0 amide bonds. The molecule has 0 spiro atoms. The average molecular weight is 358 g/mol. The molecular weight excluding hydrogens is 343 g/mol. The Morgan fingerprint density at radius 2 is 1.67 bits per heavy atom. The van der Waals surface area contributed by atoms with E-state index < -0.39 is 11.7 Å². The van der Waals surface area contributed by atoms with Crippen LogP contribution < -0.4 is 5.32 Å². The fourth-order valence-corrected chi connectivity index (χ4v) is 2.63. The molecule has 0 bridgehead atoms. The first kappa shape index (κ1) is 16.0. The second-order valence-corrected chi connectivity index (χ2v) is 5.58. The maximum Gasteiger partial charge on any atom is 0.416 e. The summed E-state index contributed by atoms with van der Waals surface area (Å²) in [6.45, 7) is 2.59. The third-order valence-corrected chi connectivity index (χ3v) is 3.63. The van der Waals surface area contributed by atoms with Crippen LogP contribution >= 0.6 is 15.9 Å². The summed E-state index contributed by atoms with van der Waals surface area (Å²) in [5, 5.41) is 3.23. The van der Waals surface area contributed by atoms with Gasteiger partial charge >= 0.3 is 6.18 Å². The maximum atomic E-state index is 12.9. The zero-order chi connectivity index (χ0) is 15.5. The molecule has 1 atom stereocenters. The summed E-state index contributed by atoms with van der Waals surface area (Å²) in [4.78, 5) is 0. The minimum atomic E-state index is -4.33. The van der Waals surface area contributed by atoms with E-state index in [-0.39, 0.29) is 6.04 Å². The monoisotopic (exact) mass is 357 g/mol. The van der Waals surface area contributed by atoms with Gasteiger partial charge in [-0.15, -0.1) is 0 Å². The smallest absolute Gasteiger partial charge is 0.307 e. The normalized spacial score (nSPS) is 13.2. The second-order valence-electron chi connectivity index (χ2n) is 4.67. The van der Waals surface area contributed by atoms with Crippen molar-refractivity contribution in [2.75, 3.05) is 6.54 Å². The quantitative estimate of drug-likeness (QED) is 0.796. The van der Waals surface area contributed by atoms with E-state index in [1.54, 1.807) is 6.07 Å². The van der Waals surface area contributed by atoms with Crippen LogP contribution in [0.5, 0.6) is 0 Å². The number of halogens is 4. The molecule has 0 saturated carbocycles. The maximum absolute atomic E-state index is 12.9. The molecule has 2 aromatic carbocycles. The van der Waals surface area contributed by atoms with Crippen LogP contribution in [0.1, 0.15) is 29.7 Å². The molecule has 0 aliphatic carbocycles. The molecule has 1 nitrogen and oxygen atoms in total. The number of hydrogen-bond donors (Lipinski definition) is 1. The number of nitrogens with one attached hydrogen (secondary N) is 1. The van der Waals surface area contributed by atoms with Crippen LogP contribution in [-0.2, 0) is 6.18 Å². The molecule has 5 heteroatoms. The van der Waals surface area contributed by atoms with Gasteiger partial charge in [0.25, 0.3) is 0 Å². The molecule has 112 valence electrons. The molecule has 0 fully saturated rings. The van der Waals surface area contributed by atoms with Crippen molar-refractivity contribution >= 4 is 15.9 Å². The molecule has 2 aromatic rings. The Hall–Kier alpha value is -1.33. The number of benzene rings is 2. The van der Waals surface area contributed by atoms with E-state index in [1.165, 1.54) is 12.1 Å². The lowest BCUT2D eigenvalue weighted by Crippen LogP contribution is -2.22. The Bertz CT molecular complexity index is 610. The molecule has 0 aliphatic rings. The van der Waals surface area contributed by atoms with Gasteiger partial charge < -0.3 is 5.32 Å². The topological polar surface area (TPSA) is 12.0 Å². The van der Waals surface area contributed by atoms with E-state index in [0.717, 1.165) is 16.1 Å². The van der Waals surface area contributed by atoms with Gasteiger partial charge in [0, 0.05) is 4.47 Å². The number of alkyl halides is 3. The van der Waals surface area contributed by atoms with Gasteiger partial charge in [-0.1, -0.05) is 47.1 Å². The van der Waals surface area contributed by atoms with Crippen molar-refractivity contribution in [1.29, 1.82) is 0 Å². The van der Waals surface area contributed by atoms with E-state index >= 15 is 0 Å². The minimum Gasteiger partial charge on any atom is -0.307 e. The highest BCUT2D eigenvalue weighted by Gasteiger charge is 2.31. The van der Waals surface area contributed by atoms with Gasteiger partial charge in [0.05, 0.1) is 11.6 Å². The van der Waals surface area contributed by atoms with Crippen LogP contribution in [0.15, 0.2) is 53.0 Å². The lowest BCUT2D eigenvalue weighted by atomic mass is 9.97.